The van der Waals surface area contributed by atoms with Crippen LogP contribution in [0.3, 0.4) is 0 Å². The number of thioether (sulfide) groups is 1. The van der Waals surface area contributed by atoms with E-state index in [1.165, 1.54) is 32.4 Å². The van der Waals surface area contributed by atoms with Gasteiger partial charge in [0, 0.05) is 43.2 Å². The number of aliphatic hydroxyl groups is 1. The number of hydrogen-bond donors (Lipinski definition) is 2. The van der Waals surface area contributed by atoms with Crippen LogP contribution in [-0.4, -0.2) is 72.2 Å². The van der Waals surface area contributed by atoms with Crippen LogP contribution in [0.5, 0.6) is 5.75 Å². The van der Waals surface area contributed by atoms with E-state index in [1.807, 2.05) is 42.6 Å². The van der Waals surface area contributed by atoms with E-state index in [0.29, 0.717) is 23.7 Å². The molecule has 212 valence electrons. The molecule has 4 heterocycles. The summed E-state index contributed by atoms with van der Waals surface area (Å²) in [5.74, 6) is 2.22. The average Bonchev–Trinajstić information content (AvgIpc) is 3.01. The fourth-order valence-corrected chi connectivity index (χ4v) is 6.39. The monoisotopic (exact) mass is 554 g/mol. The van der Waals surface area contributed by atoms with Crippen LogP contribution in [0.1, 0.15) is 50.3 Å². The number of benzene rings is 1. The number of aliphatic hydroxyl groups excluding tert-OH is 1. The Morgan fingerprint density at radius 1 is 1.10 bits per heavy atom. The molecule has 39 heavy (non-hydrogen) atoms. The number of pyridine rings is 2. The van der Waals surface area contributed by atoms with E-state index in [0.717, 1.165) is 54.2 Å². The molecule has 2 N–H and O–H groups in total. The molecular formula is C31H43FN4O2S. The number of rotatable bonds is 10. The number of aromatic nitrogens is 2. The first-order chi connectivity index (χ1) is 19.2. The van der Waals surface area contributed by atoms with Gasteiger partial charge in [0.25, 0.3) is 0 Å². The summed E-state index contributed by atoms with van der Waals surface area (Å²) >= 11 is 1.76. The van der Waals surface area contributed by atoms with Gasteiger partial charge < -0.3 is 20.1 Å². The molecule has 0 saturated carbocycles. The summed E-state index contributed by atoms with van der Waals surface area (Å²) in [6.07, 6.45) is 8.87. The van der Waals surface area contributed by atoms with E-state index in [1.54, 1.807) is 31.1 Å². The van der Waals surface area contributed by atoms with Crippen molar-refractivity contribution in [3.63, 3.8) is 0 Å². The number of halogens is 1. The third-order valence-corrected chi connectivity index (χ3v) is 8.75. The van der Waals surface area contributed by atoms with Crippen molar-refractivity contribution >= 4 is 22.7 Å². The van der Waals surface area contributed by atoms with Crippen LogP contribution >= 0.6 is 11.8 Å². The van der Waals surface area contributed by atoms with Crippen molar-refractivity contribution in [1.29, 1.82) is 0 Å². The van der Waals surface area contributed by atoms with Gasteiger partial charge in [-0.05, 0) is 106 Å². The van der Waals surface area contributed by atoms with E-state index in [9.17, 15) is 5.11 Å². The van der Waals surface area contributed by atoms with Crippen molar-refractivity contribution < 1.29 is 14.2 Å². The van der Waals surface area contributed by atoms with Crippen LogP contribution in [0.2, 0.25) is 0 Å². The van der Waals surface area contributed by atoms with E-state index in [-0.39, 0.29) is 12.5 Å². The van der Waals surface area contributed by atoms with E-state index in [4.69, 9.17) is 4.74 Å². The first-order valence-corrected chi connectivity index (χ1v) is 15.3. The quantitative estimate of drug-likeness (QED) is 0.302. The minimum atomic E-state index is -1.06. The second-order valence-corrected chi connectivity index (χ2v) is 11.6. The van der Waals surface area contributed by atoms with Crippen molar-refractivity contribution in [2.75, 3.05) is 52.2 Å². The van der Waals surface area contributed by atoms with Crippen LogP contribution in [0.15, 0.2) is 59.9 Å². The molecule has 1 unspecified atom stereocenters. The molecule has 0 bridgehead atoms. The first kappa shape index (κ1) is 29.7. The zero-order valence-electron chi connectivity index (χ0n) is 23.1. The highest BCUT2D eigenvalue weighted by molar-refractivity contribution is 7.99. The zero-order chi connectivity index (χ0) is 27.3. The molecule has 2 aromatic heterocycles. The molecule has 6 nitrogen and oxygen atoms in total. The lowest BCUT2D eigenvalue weighted by atomic mass is 9.81. The summed E-state index contributed by atoms with van der Waals surface area (Å²) in [6.45, 7) is 5.49. The molecule has 2 aliphatic heterocycles. The molecule has 0 radical (unpaired) electrons. The number of hydrogen-bond acceptors (Lipinski definition) is 7. The van der Waals surface area contributed by atoms with Gasteiger partial charge in [0.05, 0.1) is 17.7 Å². The van der Waals surface area contributed by atoms with E-state index >= 15 is 4.39 Å². The Labute approximate surface area is 236 Å². The molecule has 8 heteroatoms. The van der Waals surface area contributed by atoms with Gasteiger partial charge in [-0.15, -0.1) is 11.8 Å². The maximum absolute atomic E-state index is 15.3. The SMILES string of the molecule is C1CCNCC1.COc1ccc2nccc(C(F)CC[C@@H]3CCN(CCSc4ccccn4)C[C@@H]3CO)c2c1. The second kappa shape index (κ2) is 16.1. The number of alkyl halides is 1. The lowest BCUT2D eigenvalue weighted by Gasteiger charge is -2.38. The normalized spacial score (nSPS) is 20.7. The molecule has 2 fully saturated rings. The first-order valence-electron chi connectivity index (χ1n) is 14.3. The summed E-state index contributed by atoms with van der Waals surface area (Å²) in [7, 11) is 1.61. The lowest BCUT2D eigenvalue weighted by molar-refractivity contribution is 0.0672. The summed E-state index contributed by atoms with van der Waals surface area (Å²) in [5.41, 5.74) is 1.45. The molecule has 5 rings (SSSR count). The topological polar surface area (TPSA) is 70.5 Å². The molecule has 1 aromatic carbocycles. The van der Waals surface area contributed by atoms with Crippen molar-refractivity contribution in [3.8, 4) is 5.75 Å². The lowest BCUT2D eigenvalue weighted by Crippen LogP contribution is -2.43. The number of nitrogens with one attached hydrogen (secondary N) is 1. The predicted octanol–water partition coefficient (Wildman–Crippen LogP) is 5.91. The Hall–Kier alpha value is -2.26. The van der Waals surface area contributed by atoms with Crippen LogP contribution in [0, 0.1) is 11.8 Å². The Bertz CT molecular complexity index is 1110. The number of likely N-dealkylation sites (tertiary alicyclic amines) is 1. The molecule has 3 aromatic rings. The summed E-state index contributed by atoms with van der Waals surface area (Å²) in [4.78, 5) is 11.1. The minimum absolute atomic E-state index is 0.154. The number of ether oxygens (including phenoxy) is 1. The van der Waals surface area contributed by atoms with Crippen molar-refractivity contribution in [1.82, 2.24) is 20.2 Å². The van der Waals surface area contributed by atoms with Gasteiger partial charge in [0.15, 0.2) is 0 Å². The van der Waals surface area contributed by atoms with Crippen LogP contribution < -0.4 is 10.1 Å². The Morgan fingerprint density at radius 3 is 2.67 bits per heavy atom. The molecule has 0 amide bonds. The smallest absolute Gasteiger partial charge is 0.126 e. The Balaban J connectivity index is 0.000000519. The summed E-state index contributed by atoms with van der Waals surface area (Å²) in [6, 6.07) is 13.3. The Kier molecular flexibility index (Phi) is 12.3. The largest absolute Gasteiger partial charge is 0.497 e. The van der Waals surface area contributed by atoms with Gasteiger partial charge in [-0.2, -0.15) is 0 Å². The van der Waals surface area contributed by atoms with Gasteiger partial charge in [-0.25, -0.2) is 9.37 Å². The van der Waals surface area contributed by atoms with Crippen LogP contribution in [0.25, 0.3) is 10.9 Å². The predicted molar refractivity (Wildman–Crippen MR) is 158 cm³/mol. The van der Waals surface area contributed by atoms with Gasteiger partial charge in [-0.3, -0.25) is 4.98 Å². The second-order valence-electron chi connectivity index (χ2n) is 10.4. The molecule has 2 aliphatic rings. The number of methoxy groups -OCH3 is 1. The summed E-state index contributed by atoms with van der Waals surface area (Å²) < 4.78 is 20.7. The molecular weight excluding hydrogens is 511 g/mol. The number of fused-ring (bicyclic) bond motifs is 1. The van der Waals surface area contributed by atoms with Crippen molar-refractivity contribution in [2.45, 2.75) is 49.7 Å². The molecule has 0 spiro atoms. The highest BCUT2D eigenvalue weighted by Crippen LogP contribution is 2.35. The van der Waals surface area contributed by atoms with Crippen LogP contribution in [-0.2, 0) is 0 Å². The molecule has 2 saturated heterocycles. The Morgan fingerprint density at radius 2 is 1.97 bits per heavy atom. The standard InChI is InChI=1S/C26H32FN3O2S.C5H11N/c1-32-21-6-8-25-23(16-21)22(9-12-28-25)24(27)7-5-19-10-13-30(17-20(19)18-31)14-15-33-26-4-2-3-11-29-26;1-2-4-6-5-3-1/h2-4,6,8-9,11-12,16,19-20,24,31H,5,7,10,13-15,17-18H2,1H3;6H,1-5H2/t19-,20-,24?;/m1./s1. The van der Waals surface area contributed by atoms with Gasteiger partial charge in [-0.1, -0.05) is 12.5 Å². The third kappa shape index (κ3) is 9.13. The highest BCUT2D eigenvalue weighted by atomic mass is 32.2. The van der Waals surface area contributed by atoms with Gasteiger partial charge in [0.2, 0.25) is 0 Å². The fourth-order valence-electron chi connectivity index (χ4n) is 5.52. The van der Waals surface area contributed by atoms with Crippen molar-refractivity contribution in [3.05, 3.63) is 60.4 Å². The number of piperidine rings is 2. The van der Waals surface area contributed by atoms with E-state index in [2.05, 4.69) is 20.2 Å². The minimum Gasteiger partial charge on any atom is -0.497 e. The number of nitrogens with zero attached hydrogens (tertiary/aromatic N) is 3. The highest BCUT2D eigenvalue weighted by Gasteiger charge is 2.29. The average molecular weight is 555 g/mol. The van der Waals surface area contributed by atoms with Crippen LogP contribution in [0.4, 0.5) is 4.39 Å². The zero-order valence-corrected chi connectivity index (χ0v) is 23.9. The molecule has 3 atom stereocenters. The van der Waals surface area contributed by atoms with E-state index < -0.39 is 6.17 Å². The fraction of sp³-hybridized carbons (Fsp3) is 0.548. The summed E-state index contributed by atoms with van der Waals surface area (Å²) in [5, 5.41) is 15.1. The molecule has 0 aliphatic carbocycles. The third-order valence-electron chi connectivity index (χ3n) is 7.82. The van der Waals surface area contributed by atoms with Crippen molar-refractivity contribution in [2.24, 2.45) is 11.8 Å². The van der Waals surface area contributed by atoms with Gasteiger partial charge in [0.1, 0.15) is 11.9 Å². The maximum atomic E-state index is 15.3. The van der Waals surface area contributed by atoms with Gasteiger partial charge >= 0.3 is 0 Å². The maximum Gasteiger partial charge on any atom is 0.126 e.